The lowest BCUT2D eigenvalue weighted by Gasteiger charge is -2.14. The van der Waals surface area contributed by atoms with Crippen LogP contribution in [0.15, 0.2) is 12.7 Å². The van der Waals surface area contributed by atoms with Gasteiger partial charge in [0.1, 0.15) is 6.10 Å². The van der Waals surface area contributed by atoms with E-state index in [4.69, 9.17) is 9.47 Å². The second kappa shape index (κ2) is 2.95. The molecular formula is C8H12O3. The molecule has 11 heavy (non-hydrogen) atoms. The van der Waals surface area contributed by atoms with Gasteiger partial charge in [-0.2, -0.15) is 0 Å². The van der Waals surface area contributed by atoms with Gasteiger partial charge in [-0.1, -0.05) is 20.4 Å². The van der Waals surface area contributed by atoms with Crippen LogP contribution >= 0.6 is 0 Å². The lowest BCUT2D eigenvalue weighted by atomic mass is 10.0. The molecular weight excluding hydrogens is 144 g/mol. The molecule has 0 aromatic heterocycles. The molecule has 0 radical (unpaired) electrons. The van der Waals surface area contributed by atoms with Crippen LogP contribution in [0.25, 0.3) is 0 Å². The Morgan fingerprint density at radius 3 is 2.55 bits per heavy atom. The van der Waals surface area contributed by atoms with Gasteiger partial charge in [0.25, 0.3) is 0 Å². The van der Waals surface area contributed by atoms with E-state index in [-0.39, 0.29) is 18.1 Å². The molecule has 0 unspecified atom stereocenters. The maximum atomic E-state index is 10.6. The Kier molecular flexibility index (Phi) is 2.17. The molecule has 0 spiro atoms. The van der Waals surface area contributed by atoms with Gasteiger partial charge in [0.15, 0.2) is 6.10 Å². The van der Waals surface area contributed by atoms with E-state index in [1.165, 1.54) is 0 Å². The molecule has 2 atom stereocenters. The summed E-state index contributed by atoms with van der Waals surface area (Å²) in [6.45, 7) is 7.50. The minimum Gasteiger partial charge on any atom is -0.426 e. The van der Waals surface area contributed by atoms with Crippen LogP contribution in [0.4, 0.5) is 4.79 Å². The predicted octanol–water partition coefficient (Wildman–Crippen LogP) is 1.73. The highest BCUT2D eigenvalue weighted by Crippen LogP contribution is 2.22. The highest BCUT2D eigenvalue weighted by molar-refractivity contribution is 5.63. The Morgan fingerprint density at radius 1 is 1.55 bits per heavy atom. The third-order valence-electron chi connectivity index (χ3n) is 1.68. The highest BCUT2D eigenvalue weighted by atomic mass is 16.8. The Hall–Kier alpha value is -0.990. The molecule has 1 fully saturated rings. The molecule has 0 N–H and O–H groups in total. The molecule has 1 rings (SSSR count). The fourth-order valence-corrected chi connectivity index (χ4v) is 1.08. The minimum absolute atomic E-state index is 0.167. The van der Waals surface area contributed by atoms with E-state index in [1.54, 1.807) is 6.08 Å². The summed E-state index contributed by atoms with van der Waals surface area (Å²) in [6.07, 6.45) is 0.561. The van der Waals surface area contributed by atoms with Crippen molar-refractivity contribution in [2.45, 2.75) is 26.1 Å². The van der Waals surface area contributed by atoms with Gasteiger partial charge in [-0.15, -0.1) is 0 Å². The number of ether oxygens (including phenoxy) is 2. The van der Waals surface area contributed by atoms with Crippen molar-refractivity contribution in [2.75, 3.05) is 0 Å². The summed E-state index contributed by atoms with van der Waals surface area (Å²) in [6, 6.07) is 0. The Bertz CT molecular complexity index is 174. The van der Waals surface area contributed by atoms with E-state index in [0.717, 1.165) is 0 Å². The SMILES string of the molecule is C=C[C@@H]1OC(=O)O[C@@H]1C(C)C. The molecule has 1 heterocycles. The summed E-state index contributed by atoms with van der Waals surface area (Å²) in [7, 11) is 0. The van der Waals surface area contributed by atoms with Crippen LogP contribution in [0.2, 0.25) is 0 Å². The zero-order chi connectivity index (χ0) is 8.43. The highest BCUT2D eigenvalue weighted by Gasteiger charge is 2.36. The number of rotatable bonds is 2. The predicted molar refractivity (Wildman–Crippen MR) is 40.2 cm³/mol. The van der Waals surface area contributed by atoms with Gasteiger partial charge in [-0.3, -0.25) is 0 Å². The van der Waals surface area contributed by atoms with Gasteiger partial charge >= 0.3 is 6.16 Å². The molecule has 62 valence electrons. The van der Waals surface area contributed by atoms with Crippen molar-refractivity contribution in [3.8, 4) is 0 Å². The van der Waals surface area contributed by atoms with Crippen molar-refractivity contribution < 1.29 is 14.3 Å². The lowest BCUT2D eigenvalue weighted by molar-refractivity contribution is 0.104. The lowest BCUT2D eigenvalue weighted by Crippen LogP contribution is -2.25. The topological polar surface area (TPSA) is 35.5 Å². The first-order valence-corrected chi connectivity index (χ1v) is 3.65. The summed E-state index contributed by atoms with van der Waals surface area (Å²) < 4.78 is 9.70. The van der Waals surface area contributed by atoms with E-state index >= 15 is 0 Å². The molecule has 0 aliphatic carbocycles. The van der Waals surface area contributed by atoms with E-state index in [1.807, 2.05) is 13.8 Å². The first-order chi connectivity index (χ1) is 5.15. The summed E-state index contributed by atoms with van der Waals surface area (Å²) in [5, 5.41) is 0. The van der Waals surface area contributed by atoms with Gasteiger partial charge in [0.2, 0.25) is 0 Å². The Labute approximate surface area is 66.0 Å². The quantitative estimate of drug-likeness (QED) is 0.451. The van der Waals surface area contributed by atoms with Gasteiger partial charge in [-0.25, -0.2) is 4.79 Å². The van der Waals surface area contributed by atoms with Gasteiger partial charge in [0.05, 0.1) is 0 Å². The van der Waals surface area contributed by atoms with Crippen molar-refractivity contribution in [2.24, 2.45) is 5.92 Å². The Balaban J connectivity index is 2.64. The van der Waals surface area contributed by atoms with E-state index in [9.17, 15) is 4.79 Å². The molecule has 0 aromatic rings. The van der Waals surface area contributed by atoms with Crippen LogP contribution < -0.4 is 0 Å². The van der Waals surface area contributed by atoms with Crippen LogP contribution in [0, 0.1) is 5.92 Å². The zero-order valence-corrected chi connectivity index (χ0v) is 6.74. The van der Waals surface area contributed by atoms with Gasteiger partial charge < -0.3 is 9.47 Å². The average molecular weight is 156 g/mol. The van der Waals surface area contributed by atoms with Crippen LogP contribution in [0.5, 0.6) is 0 Å². The largest absolute Gasteiger partial charge is 0.509 e. The number of cyclic esters (lactones) is 2. The first kappa shape index (κ1) is 8.11. The van der Waals surface area contributed by atoms with Crippen LogP contribution in [-0.4, -0.2) is 18.4 Å². The van der Waals surface area contributed by atoms with Crippen molar-refractivity contribution in [3.63, 3.8) is 0 Å². The van der Waals surface area contributed by atoms with Crippen LogP contribution in [0.3, 0.4) is 0 Å². The summed E-state index contributed by atoms with van der Waals surface area (Å²) >= 11 is 0. The van der Waals surface area contributed by atoms with Crippen molar-refractivity contribution in [1.29, 1.82) is 0 Å². The smallest absolute Gasteiger partial charge is 0.426 e. The molecule has 0 aromatic carbocycles. The second-order valence-corrected chi connectivity index (χ2v) is 2.89. The van der Waals surface area contributed by atoms with Crippen molar-refractivity contribution >= 4 is 6.16 Å². The monoisotopic (exact) mass is 156 g/mol. The average Bonchev–Trinajstić information content (AvgIpc) is 2.30. The fraction of sp³-hybridized carbons (Fsp3) is 0.625. The number of hydrogen-bond acceptors (Lipinski definition) is 3. The van der Waals surface area contributed by atoms with E-state index in [0.29, 0.717) is 0 Å². The number of hydrogen-bond donors (Lipinski definition) is 0. The van der Waals surface area contributed by atoms with Gasteiger partial charge in [0, 0.05) is 0 Å². The maximum absolute atomic E-state index is 10.6. The molecule has 0 bridgehead atoms. The third kappa shape index (κ3) is 1.53. The molecule has 3 nitrogen and oxygen atoms in total. The van der Waals surface area contributed by atoms with E-state index < -0.39 is 6.16 Å². The number of carbonyl (C=O) groups excluding carboxylic acids is 1. The summed E-state index contributed by atoms with van der Waals surface area (Å²) in [4.78, 5) is 10.6. The molecule has 1 aliphatic heterocycles. The van der Waals surface area contributed by atoms with Crippen molar-refractivity contribution in [1.82, 2.24) is 0 Å². The van der Waals surface area contributed by atoms with Crippen LogP contribution in [0.1, 0.15) is 13.8 Å². The molecule has 0 saturated carbocycles. The number of carbonyl (C=O) groups is 1. The molecule has 3 heteroatoms. The first-order valence-electron chi connectivity index (χ1n) is 3.65. The zero-order valence-electron chi connectivity index (χ0n) is 6.74. The molecule has 0 amide bonds. The minimum atomic E-state index is -0.589. The summed E-state index contributed by atoms with van der Waals surface area (Å²) in [5.41, 5.74) is 0. The molecule has 1 saturated heterocycles. The standard InChI is InChI=1S/C8H12O3/c1-4-6-7(5(2)3)11-8(9)10-6/h4-7H,1H2,2-3H3/t6-,7+/m0/s1. The normalized spacial score (nSPS) is 29.9. The maximum Gasteiger partial charge on any atom is 0.509 e. The summed E-state index contributed by atoms with van der Waals surface area (Å²) in [5.74, 6) is 0.268. The Morgan fingerprint density at radius 2 is 2.18 bits per heavy atom. The molecule has 1 aliphatic rings. The van der Waals surface area contributed by atoms with Gasteiger partial charge in [-0.05, 0) is 12.0 Å². The second-order valence-electron chi connectivity index (χ2n) is 2.89. The van der Waals surface area contributed by atoms with Crippen LogP contribution in [-0.2, 0) is 9.47 Å². The fourth-order valence-electron chi connectivity index (χ4n) is 1.08. The van der Waals surface area contributed by atoms with Crippen molar-refractivity contribution in [3.05, 3.63) is 12.7 Å². The third-order valence-corrected chi connectivity index (χ3v) is 1.68. The van der Waals surface area contributed by atoms with E-state index in [2.05, 4.69) is 6.58 Å².